The molecule has 2 aliphatic heterocycles. The molecular formula is C17H24N2O4. The Kier molecular flexibility index (Phi) is 4.73. The van der Waals surface area contributed by atoms with E-state index >= 15 is 0 Å². The maximum absolute atomic E-state index is 11.6. The lowest BCUT2D eigenvalue weighted by Crippen LogP contribution is -2.49. The lowest BCUT2D eigenvalue weighted by atomic mass is 10.0. The van der Waals surface area contributed by atoms with E-state index in [1.165, 1.54) is 26.5 Å². The highest BCUT2D eigenvalue weighted by Crippen LogP contribution is 2.31. The number of carbonyl (C=O) groups is 1. The fourth-order valence-corrected chi connectivity index (χ4v) is 3.70. The minimum absolute atomic E-state index is 0.259. The summed E-state index contributed by atoms with van der Waals surface area (Å²) in [5.41, 5.74) is 0.988. The molecule has 23 heavy (non-hydrogen) atoms. The average Bonchev–Trinajstić information content (AvgIpc) is 3.02. The van der Waals surface area contributed by atoms with E-state index in [-0.39, 0.29) is 5.56 Å². The number of piperazine rings is 1. The molecule has 0 bridgehead atoms. The Bertz CT molecular complexity index is 590. The van der Waals surface area contributed by atoms with Crippen LogP contribution in [-0.2, 0) is 6.54 Å². The van der Waals surface area contributed by atoms with Gasteiger partial charge >= 0.3 is 5.97 Å². The van der Waals surface area contributed by atoms with Crippen LogP contribution in [0.3, 0.4) is 0 Å². The van der Waals surface area contributed by atoms with Crippen molar-refractivity contribution in [3.05, 3.63) is 23.3 Å². The van der Waals surface area contributed by atoms with Crippen LogP contribution in [0.2, 0.25) is 0 Å². The van der Waals surface area contributed by atoms with Crippen LogP contribution in [0.5, 0.6) is 11.5 Å². The molecule has 2 aliphatic rings. The largest absolute Gasteiger partial charge is 0.497 e. The fraction of sp³-hybridized carbons (Fsp3) is 0.588. The Balaban J connectivity index is 1.84. The molecule has 2 fully saturated rings. The molecule has 0 saturated carbocycles. The maximum Gasteiger partial charge on any atom is 0.336 e. The smallest absolute Gasteiger partial charge is 0.336 e. The normalized spacial score (nSPS) is 21.9. The van der Waals surface area contributed by atoms with Gasteiger partial charge in [0.2, 0.25) is 0 Å². The van der Waals surface area contributed by atoms with Crippen LogP contribution in [0.4, 0.5) is 0 Å². The second-order valence-electron chi connectivity index (χ2n) is 6.23. The van der Waals surface area contributed by atoms with Gasteiger partial charge in [-0.1, -0.05) is 0 Å². The van der Waals surface area contributed by atoms with Crippen molar-refractivity contribution in [2.75, 3.05) is 40.4 Å². The summed E-state index contributed by atoms with van der Waals surface area (Å²) >= 11 is 0. The van der Waals surface area contributed by atoms with E-state index in [4.69, 9.17) is 9.47 Å². The van der Waals surface area contributed by atoms with Gasteiger partial charge in [-0.15, -0.1) is 0 Å². The number of hydrogen-bond acceptors (Lipinski definition) is 5. The number of methoxy groups -OCH3 is 2. The second-order valence-corrected chi connectivity index (χ2v) is 6.23. The highest BCUT2D eigenvalue weighted by atomic mass is 16.5. The minimum Gasteiger partial charge on any atom is -0.497 e. The highest BCUT2D eigenvalue weighted by Gasteiger charge is 2.31. The molecule has 0 aliphatic carbocycles. The summed E-state index contributed by atoms with van der Waals surface area (Å²) in [6, 6.07) is 3.95. The Hall–Kier alpha value is -1.79. The van der Waals surface area contributed by atoms with Gasteiger partial charge in [-0.25, -0.2) is 4.79 Å². The Morgan fingerprint density at radius 2 is 2.09 bits per heavy atom. The SMILES string of the molecule is COc1cc(OC)c(CN2CCN3CCC[C@@H]3C2)c(C(=O)O)c1. The molecule has 0 aromatic heterocycles. The zero-order valence-electron chi connectivity index (χ0n) is 13.7. The van der Waals surface area contributed by atoms with E-state index in [0.717, 1.165) is 25.2 Å². The van der Waals surface area contributed by atoms with Gasteiger partial charge in [0.25, 0.3) is 0 Å². The standard InChI is InChI=1S/C17H24N2O4/c1-22-13-8-14(17(20)21)15(16(9-13)23-2)11-18-6-7-19-5-3-4-12(19)10-18/h8-9,12H,3-7,10-11H2,1-2H3,(H,20,21)/t12-/m1/s1. The van der Waals surface area contributed by atoms with E-state index in [2.05, 4.69) is 9.80 Å². The summed E-state index contributed by atoms with van der Waals surface area (Å²) < 4.78 is 10.6. The van der Waals surface area contributed by atoms with E-state index in [1.807, 2.05) is 0 Å². The molecule has 3 rings (SSSR count). The van der Waals surface area contributed by atoms with Gasteiger partial charge in [0.15, 0.2) is 0 Å². The fourth-order valence-electron chi connectivity index (χ4n) is 3.70. The van der Waals surface area contributed by atoms with Crippen LogP contribution in [0.25, 0.3) is 0 Å². The third-order valence-corrected chi connectivity index (χ3v) is 4.92. The van der Waals surface area contributed by atoms with Crippen LogP contribution < -0.4 is 9.47 Å². The monoisotopic (exact) mass is 320 g/mol. The summed E-state index contributed by atoms with van der Waals surface area (Å²) in [6.07, 6.45) is 2.51. The first-order chi connectivity index (χ1) is 11.1. The zero-order chi connectivity index (χ0) is 16.4. The first kappa shape index (κ1) is 16.1. The molecule has 126 valence electrons. The quantitative estimate of drug-likeness (QED) is 0.891. The number of hydrogen-bond donors (Lipinski definition) is 1. The molecule has 0 unspecified atom stereocenters. The zero-order valence-corrected chi connectivity index (χ0v) is 13.7. The maximum atomic E-state index is 11.6. The van der Waals surface area contributed by atoms with Gasteiger partial charge in [-0.3, -0.25) is 9.80 Å². The van der Waals surface area contributed by atoms with Gasteiger partial charge in [-0.05, 0) is 25.5 Å². The Morgan fingerprint density at radius 1 is 1.26 bits per heavy atom. The third kappa shape index (κ3) is 3.28. The van der Waals surface area contributed by atoms with Crippen LogP contribution >= 0.6 is 0 Å². The van der Waals surface area contributed by atoms with E-state index in [1.54, 1.807) is 19.2 Å². The van der Waals surface area contributed by atoms with Crippen molar-refractivity contribution >= 4 is 5.97 Å². The molecule has 1 aromatic rings. The van der Waals surface area contributed by atoms with E-state index in [0.29, 0.717) is 24.1 Å². The van der Waals surface area contributed by atoms with Crippen molar-refractivity contribution in [2.24, 2.45) is 0 Å². The summed E-state index contributed by atoms with van der Waals surface area (Å²) in [5, 5.41) is 9.55. The molecule has 0 amide bonds. The summed E-state index contributed by atoms with van der Waals surface area (Å²) in [7, 11) is 3.10. The predicted octanol–water partition coefficient (Wildman–Crippen LogP) is 1.68. The van der Waals surface area contributed by atoms with Crippen LogP contribution in [-0.4, -0.2) is 67.3 Å². The molecule has 0 radical (unpaired) electrons. The predicted molar refractivity (Wildman–Crippen MR) is 86.4 cm³/mol. The number of benzene rings is 1. The first-order valence-electron chi connectivity index (χ1n) is 8.07. The lowest BCUT2D eigenvalue weighted by Gasteiger charge is -2.37. The van der Waals surface area contributed by atoms with Crippen molar-refractivity contribution in [1.29, 1.82) is 0 Å². The molecule has 1 atom stereocenters. The average molecular weight is 320 g/mol. The van der Waals surface area contributed by atoms with E-state index in [9.17, 15) is 9.90 Å². The lowest BCUT2D eigenvalue weighted by molar-refractivity contribution is 0.0689. The number of rotatable bonds is 5. The molecule has 6 heteroatoms. The van der Waals surface area contributed by atoms with Crippen molar-refractivity contribution in [3.8, 4) is 11.5 Å². The third-order valence-electron chi connectivity index (χ3n) is 4.92. The van der Waals surface area contributed by atoms with Gasteiger partial charge < -0.3 is 14.6 Å². The molecule has 6 nitrogen and oxygen atoms in total. The van der Waals surface area contributed by atoms with Crippen molar-refractivity contribution in [3.63, 3.8) is 0 Å². The molecule has 0 spiro atoms. The van der Waals surface area contributed by atoms with Gasteiger partial charge in [0, 0.05) is 43.9 Å². The van der Waals surface area contributed by atoms with E-state index < -0.39 is 5.97 Å². The van der Waals surface area contributed by atoms with Crippen LogP contribution in [0.1, 0.15) is 28.8 Å². The summed E-state index contributed by atoms with van der Waals surface area (Å²) in [5.74, 6) is 0.135. The Morgan fingerprint density at radius 3 is 2.78 bits per heavy atom. The van der Waals surface area contributed by atoms with Gasteiger partial charge in [-0.2, -0.15) is 0 Å². The molecule has 1 aromatic carbocycles. The van der Waals surface area contributed by atoms with Crippen molar-refractivity contribution < 1.29 is 19.4 Å². The highest BCUT2D eigenvalue weighted by molar-refractivity contribution is 5.91. The molecule has 1 N–H and O–H groups in total. The number of fused-ring (bicyclic) bond motifs is 1. The van der Waals surface area contributed by atoms with Gasteiger partial charge in [0.1, 0.15) is 11.5 Å². The molecule has 2 saturated heterocycles. The van der Waals surface area contributed by atoms with Crippen molar-refractivity contribution in [1.82, 2.24) is 9.80 Å². The minimum atomic E-state index is -0.947. The topological polar surface area (TPSA) is 62.2 Å². The number of nitrogens with zero attached hydrogens (tertiary/aromatic N) is 2. The van der Waals surface area contributed by atoms with Crippen LogP contribution in [0.15, 0.2) is 12.1 Å². The molecular weight excluding hydrogens is 296 g/mol. The molecule has 2 heterocycles. The summed E-state index contributed by atoms with van der Waals surface area (Å²) in [6.45, 7) is 4.81. The summed E-state index contributed by atoms with van der Waals surface area (Å²) in [4.78, 5) is 16.5. The number of ether oxygens (including phenoxy) is 2. The number of carboxylic acid groups (broad SMARTS) is 1. The van der Waals surface area contributed by atoms with Crippen LogP contribution in [0, 0.1) is 0 Å². The van der Waals surface area contributed by atoms with Crippen molar-refractivity contribution in [2.45, 2.75) is 25.4 Å². The Labute approximate surface area is 136 Å². The number of aromatic carboxylic acids is 1. The second kappa shape index (κ2) is 6.76. The first-order valence-corrected chi connectivity index (χ1v) is 8.07. The van der Waals surface area contributed by atoms with Gasteiger partial charge in [0.05, 0.1) is 19.8 Å². The number of carboxylic acids is 1.